The van der Waals surface area contributed by atoms with Crippen LogP contribution in [0, 0.1) is 0 Å². The molecular weight excluding hydrogens is 336 g/mol. The van der Waals surface area contributed by atoms with Gasteiger partial charge in [-0.15, -0.1) is 0 Å². The SMILES string of the molecule is CCOC(=O)CN(C)S(=O)(=O)c1ccc(C(N)=S)c(Cl)c1. The van der Waals surface area contributed by atoms with Crippen molar-refractivity contribution in [3.63, 3.8) is 0 Å². The number of nitrogens with two attached hydrogens (primary N) is 1. The average Bonchev–Trinajstić information content (AvgIpc) is 2.38. The molecule has 6 nitrogen and oxygen atoms in total. The molecule has 1 aromatic carbocycles. The third kappa shape index (κ3) is 4.37. The predicted molar refractivity (Wildman–Crippen MR) is 83.8 cm³/mol. The molecule has 1 aromatic rings. The minimum Gasteiger partial charge on any atom is -0.465 e. The number of thiocarbonyl (C=S) groups is 1. The van der Waals surface area contributed by atoms with E-state index in [2.05, 4.69) is 0 Å². The van der Waals surface area contributed by atoms with Crippen molar-refractivity contribution in [1.29, 1.82) is 0 Å². The van der Waals surface area contributed by atoms with Crippen LogP contribution in [0.15, 0.2) is 23.1 Å². The molecule has 0 aliphatic heterocycles. The van der Waals surface area contributed by atoms with Crippen LogP contribution in [-0.2, 0) is 19.6 Å². The van der Waals surface area contributed by atoms with E-state index in [4.69, 9.17) is 34.3 Å². The molecule has 0 heterocycles. The summed E-state index contributed by atoms with van der Waals surface area (Å²) in [6, 6.07) is 4.00. The van der Waals surface area contributed by atoms with Crippen LogP contribution in [0.5, 0.6) is 0 Å². The normalized spacial score (nSPS) is 11.4. The molecule has 0 aromatic heterocycles. The first-order chi connectivity index (χ1) is 9.70. The van der Waals surface area contributed by atoms with E-state index in [1.807, 2.05) is 0 Å². The zero-order chi connectivity index (χ0) is 16.2. The summed E-state index contributed by atoms with van der Waals surface area (Å²) in [7, 11) is -2.57. The predicted octanol–water partition coefficient (Wildman–Crippen LogP) is 1.16. The van der Waals surface area contributed by atoms with Gasteiger partial charge in [-0.2, -0.15) is 4.31 Å². The first-order valence-electron chi connectivity index (χ1n) is 5.91. The number of hydrogen-bond donors (Lipinski definition) is 1. The minimum atomic E-state index is -3.85. The van der Waals surface area contributed by atoms with Gasteiger partial charge in [-0.3, -0.25) is 4.79 Å². The second-order valence-corrected chi connectivity index (χ2v) is 6.96. The summed E-state index contributed by atoms with van der Waals surface area (Å²) in [6.07, 6.45) is 0. The lowest BCUT2D eigenvalue weighted by molar-refractivity contribution is -0.143. The Labute approximate surface area is 133 Å². The Kier molecular flexibility index (Phi) is 6.09. The quantitative estimate of drug-likeness (QED) is 0.611. The van der Waals surface area contributed by atoms with Crippen molar-refractivity contribution in [3.8, 4) is 0 Å². The zero-order valence-electron chi connectivity index (χ0n) is 11.5. The standard InChI is InChI=1S/C12H15ClN2O4S2/c1-3-19-11(16)7-15(2)21(17,18)8-4-5-9(12(14)20)10(13)6-8/h4-6H,3,7H2,1-2H3,(H2,14,20). The fourth-order valence-corrected chi connectivity index (χ4v) is 3.23. The van der Waals surface area contributed by atoms with Gasteiger partial charge >= 0.3 is 5.97 Å². The number of halogens is 1. The topological polar surface area (TPSA) is 89.7 Å². The van der Waals surface area contributed by atoms with Crippen molar-refractivity contribution in [3.05, 3.63) is 28.8 Å². The lowest BCUT2D eigenvalue weighted by atomic mass is 10.2. The van der Waals surface area contributed by atoms with Crippen LogP contribution in [-0.4, -0.2) is 43.9 Å². The molecule has 0 bridgehead atoms. The molecule has 0 saturated carbocycles. The zero-order valence-corrected chi connectivity index (χ0v) is 13.9. The van der Waals surface area contributed by atoms with E-state index in [-0.39, 0.29) is 28.1 Å². The van der Waals surface area contributed by atoms with Crippen LogP contribution in [0.25, 0.3) is 0 Å². The van der Waals surface area contributed by atoms with E-state index in [9.17, 15) is 13.2 Å². The van der Waals surface area contributed by atoms with Gasteiger partial charge in [0.05, 0.1) is 16.5 Å². The number of hydrogen-bond acceptors (Lipinski definition) is 5. The maximum Gasteiger partial charge on any atom is 0.321 e. The first-order valence-corrected chi connectivity index (χ1v) is 8.14. The molecule has 9 heteroatoms. The van der Waals surface area contributed by atoms with Crippen LogP contribution < -0.4 is 5.73 Å². The van der Waals surface area contributed by atoms with E-state index in [0.717, 1.165) is 4.31 Å². The number of nitrogens with zero attached hydrogens (tertiary/aromatic N) is 1. The summed E-state index contributed by atoms with van der Waals surface area (Å²) in [6.45, 7) is 1.44. The Balaban J connectivity index is 3.05. The van der Waals surface area contributed by atoms with Crippen molar-refractivity contribution in [1.82, 2.24) is 4.31 Å². The summed E-state index contributed by atoms with van der Waals surface area (Å²) in [5.41, 5.74) is 5.85. The Morgan fingerprint density at radius 2 is 2.10 bits per heavy atom. The van der Waals surface area contributed by atoms with Gasteiger partial charge in [0.2, 0.25) is 10.0 Å². The fraction of sp³-hybridized carbons (Fsp3) is 0.333. The summed E-state index contributed by atoms with van der Waals surface area (Å²) < 4.78 is 30.2. The number of likely N-dealkylation sites (N-methyl/N-ethyl adjacent to an activating group) is 1. The number of carbonyl (C=O) groups is 1. The number of ether oxygens (including phenoxy) is 1. The van der Waals surface area contributed by atoms with Crippen molar-refractivity contribution in [2.75, 3.05) is 20.2 Å². The van der Waals surface area contributed by atoms with Gasteiger partial charge in [0.15, 0.2) is 0 Å². The van der Waals surface area contributed by atoms with Crippen molar-refractivity contribution in [2.24, 2.45) is 5.73 Å². The largest absolute Gasteiger partial charge is 0.465 e. The van der Waals surface area contributed by atoms with E-state index in [1.165, 1.54) is 25.2 Å². The van der Waals surface area contributed by atoms with Gasteiger partial charge in [0.1, 0.15) is 11.5 Å². The van der Waals surface area contributed by atoms with Crippen molar-refractivity contribution in [2.45, 2.75) is 11.8 Å². The second kappa shape index (κ2) is 7.17. The van der Waals surface area contributed by atoms with Crippen molar-refractivity contribution >= 4 is 44.8 Å². The van der Waals surface area contributed by atoms with E-state index >= 15 is 0 Å². The van der Waals surface area contributed by atoms with Crippen LogP contribution in [0.4, 0.5) is 0 Å². The number of sulfonamides is 1. The summed E-state index contributed by atoms with van der Waals surface area (Å²) in [4.78, 5) is 11.4. The highest BCUT2D eigenvalue weighted by Crippen LogP contribution is 2.22. The van der Waals surface area contributed by atoms with E-state index in [1.54, 1.807) is 6.92 Å². The van der Waals surface area contributed by atoms with Crippen molar-refractivity contribution < 1.29 is 17.9 Å². The van der Waals surface area contributed by atoms with E-state index in [0.29, 0.717) is 5.56 Å². The van der Waals surface area contributed by atoms with Crippen LogP contribution in [0.3, 0.4) is 0 Å². The Hall–Kier alpha value is -1.22. The second-order valence-electron chi connectivity index (χ2n) is 4.07. The van der Waals surface area contributed by atoms with Crippen LogP contribution in [0.1, 0.15) is 12.5 Å². The smallest absolute Gasteiger partial charge is 0.321 e. The third-order valence-electron chi connectivity index (χ3n) is 2.57. The van der Waals surface area contributed by atoms with Gasteiger partial charge in [-0.05, 0) is 25.1 Å². The molecule has 0 amide bonds. The number of carbonyl (C=O) groups excluding carboxylic acids is 1. The van der Waals surface area contributed by atoms with Gasteiger partial charge in [-0.1, -0.05) is 23.8 Å². The molecule has 0 aliphatic carbocycles. The molecule has 0 aliphatic rings. The highest BCUT2D eigenvalue weighted by atomic mass is 35.5. The lowest BCUT2D eigenvalue weighted by Gasteiger charge is -2.16. The summed E-state index contributed by atoms with van der Waals surface area (Å²) in [5.74, 6) is -0.630. The summed E-state index contributed by atoms with van der Waals surface area (Å²) in [5, 5.41) is 0.133. The van der Waals surface area contributed by atoms with E-state index < -0.39 is 16.0 Å². The molecule has 0 fully saturated rings. The Morgan fingerprint density at radius 1 is 1.48 bits per heavy atom. The maximum absolute atomic E-state index is 12.3. The van der Waals surface area contributed by atoms with Gasteiger partial charge < -0.3 is 10.5 Å². The highest BCUT2D eigenvalue weighted by molar-refractivity contribution is 7.89. The molecule has 0 spiro atoms. The number of benzene rings is 1. The summed E-state index contributed by atoms with van der Waals surface area (Å²) >= 11 is 10.7. The fourth-order valence-electron chi connectivity index (χ4n) is 1.51. The molecule has 1 rings (SSSR count). The number of esters is 1. The molecule has 2 N–H and O–H groups in total. The molecule has 116 valence electrons. The molecule has 0 unspecified atom stereocenters. The molecule has 0 saturated heterocycles. The molecular formula is C12H15ClN2O4S2. The van der Waals surface area contributed by atoms with Crippen LogP contribution >= 0.6 is 23.8 Å². The highest BCUT2D eigenvalue weighted by Gasteiger charge is 2.24. The first kappa shape index (κ1) is 17.8. The average molecular weight is 351 g/mol. The van der Waals surface area contributed by atoms with Crippen LogP contribution in [0.2, 0.25) is 5.02 Å². The third-order valence-corrected chi connectivity index (χ3v) is 4.90. The monoisotopic (exact) mass is 350 g/mol. The van der Waals surface area contributed by atoms with Gasteiger partial charge in [-0.25, -0.2) is 8.42 Å². The molecule has 0 radical (unpaired) electrons. The molecule has 21 heavy (non-hydrogen) atoms. The Morgan fingerprint density at radius 3 is 2.57 bits per heavy atom. The number of rotatable bonds is 6. The van der Waals surface area contributed by atoms with Gasteiger partial charge in [0.25, 0.3) is 0 Å². The minimum absolute atomic E-state index is 0.0562. The molecule has 0 atom stereocenters. The lowest BCUT2D eigenvalue weighted by Crippen LogP contribution is -2.33. The maximum atomic E-state index is 12.3. The Bertz CT molecular complexity index is 661. The van der Waals surface area contributed by atoms with Gasteiger partial charge in [0, 0.05) is 12.6 Å².